The maximum Gasteiger partial charge on any atom is 0.233 e. The van der Waals surface area contributed by atoms with Gasteiger partial charge in [-0.05, 0) is 52.6 Å². The summed E-state index contributed by atoms with van der Waals surface area (Å²) in [6.45, 7) is 7.76. The largest absolute Gasteiger partial charge is 0.488 e. The maximum absolute atomic E-state index is 12.1. The minimum absolute atomic E-state index is 0.121. The zero-order valence-electron chi connectivity index (χ0n) is 14.1. The molecule has 0 bridgehead atoms. The van der Waals surface area contributed by atoms with Crippen LogP contribution >= 0.6 is 11.8 Å². The second-order valence-corrected chi connectivity index (χ2v) is 7.91. The highest BCUT2D eigenvalue weighted by molar-refractivity contribution is 8.00. The molecule has 1 saturated heterocycles. The molecule has 1 unspecified atom stereocenters. The van der Waals surface area contributed by atoms with Crippen LogP contribution in [0.3, 0.4) is 0 Å². The molecule has 1 amide bonds. The Bertz CT molecular complexity index is 508. The van der Waals surface area contributed by atoms with E-state index in [9.17, 15) is 4.79 Å². The highest BCUT2D eigenvalue weighted by atomic mass is 32.2. The average Bonchev–Trinajstić information content (AvgIpc) is 2.77. The number of amides is 1. The predicted octanol–water partition coefficient (Wildman–Crippen LogP) is 3.00. The summed E-state index contributed by atoms with van der Waals surface area (Å²) < 4.78 is 5.85. The Labute approximate surface area is 137 Å². The molecule has 0 aromatic heterocycles. The molecule has 0 saturated carbocycles. The normalized spacial score (nSPS) is 19.1. The molecule has 22 heavy (non-hydrogen) atoms. The summed E-state index contributed by atoms with van der Waals surface area (Å²) in [5.41, 5.74) is 0.966. The van der Waals surface area contributed by atoms with Gasteiger partial charge in [0.1, 0.15) is 16.7 Å². The van der Waals surface area contributed by atoms with Gasteiger partial charge in [0.25, 0.3) is 0 Å². The molecule has 2 rings (SSSR count). The Morgan fingerprint density at radius 3 is 2.45 bits per heavy atom. The van der Waals surface area contributed by atoms with E-state index in [4.69, 9.17) is 4.74 Å². The van der Waals surface area contributed by atoms with Crippen LogP contribution in [0.5, 0.6) is 5.75 Å². The van der Waals surface area contributed by atoms with E-state index in [0.717, 1.165) is 24.4 Å². The van der Waals surface area contributed by atoms with Gasteiger partial charge >= 0.3 is 0 Å². The third-order valence-corrected chi connectivity index (χ3v) is 4.60. The van der Waals surface area contributed by atoms with Crippen molar-refractivity contribution in [3.63, 3.8) is 0 Å². The van der Waals surface area contributed by atoms with Gasteiger partial charge in [0.2, 0.25) is 5.91 Å². The van der Waals surface area contributed by atoms with E-state index < -0.39 is 0 Å². The minimum atomic E-state index is -0.197. The molecule has 1 fully saturated rings. The number of hydrogen-bond acceptors (Lipinski definition) is 4. The molecule has 1 aliphatic heterocycles. The number of carbonyl (C=O) groups excluding carboxylic acids is 1. The lowest BCUT2D eigenvalue weighted by atomic mass is 10.1. The molecule has 1 aromatic rings. The standard InChI is InChI=1S/C17H26N2O2S/c1-17(2,3)21-14-8-6-13(7-9-14)16-19(11-10-18(4)5)15(20)12-22-16/h6-9,16H,10-12H2,1-5H3. The molecule has 1 aromatic carbocycles. The van der Waals surface area contributed by atoms with Crippen molar-refractivity contribution in [2.75, 3.05) is 32.9 Å². The zero-order valence-corrected chi connectivity index (χ0v) is 14.9. The molecule has 0 N–H and O–H groups in total. The second kappa shape index (κ2) is 6.92. The summed E-state index contributed by atoms with van der Waals surface area (Å²) in [5, 5.41) is 0.121. The van der Waals surface area contributed by atoms with Crippen LogP contribution < -0.4 is 4.74 Å². The predicted molar refractivity (Wildman–Crippen MR) is 92.3 cm³/mol. The first-order chi connectivity index (χ1) is 10.3. The summed E-state index contributed by atoms with van der Waals surface area (Å²) in [6.07, 6.45) is 0. The summed E-state index contributed by atoms with van der Waals surface area (Å²) in [4.78, 5) is 16.2. The number of benzene rings is 1. The van der Waals surface area contributed by atoms with Crippen LogP contribution in [0.15, 0.2) is 24.3 Å². The van der Waals surface area contributed by atoms with Crippen LogP contribution in [0.1, 0.15) is 31.7 Å². The third kappa shape index (κ3) is 4.65. The van der Waals surface area contributed by atoms with E-state index in [1.54, 1.807) is 11.8 Å². The SMILES string of the molecule is CN(C)CCN1C(=O)CSC1c1ccc(OC(C)(C)C)cc1. The lowest BCUT2D eigenvalue weighted by molar-refractivity contribution is -0.128. The van der Waals surface area contributed by atoms with Crippen molar-refractivity contribution in [1.82, 2.24) is 9.80 Å². The fourth-order valence-corrected chi connectivity index (χ4v) is 3.55. The number of nitrogens with zero attached hydrogens (tertiary/aromatic N) is 2. The molecule has 1 heterocycles. The minimum Gasteiger partial charge on any atom is -0.488 e. The van der Waals surface area contributed by atoms with Gasteiger partial charge in [0.15, 0.2) is 0 Å². The Kier molecular flexibility index (Phi) is 5.40. The Morgan fingerprint density at radius 2 is 1.91 bits per heavy atom. The molecule has 0 aliphatic carbocycles. The first-order valence-corrected chi connectivity index (χ1v) is 8.66. The molecule has 1 aliphatic rings. The van der Waals surface area contributed by atoms with Gasteiger partial charge in [-0.2, -0.15) is 0 Å². The lowest BCUT2D eigenvalue weighted by Crippen LogP contribution is -2.34. The Balaban J connectivity index is 2.07. The molecule has 4 nitrogen and oxygen atoms in total. The van der Waals surface area contributed by atoms with E-state index in [1.807, 2.05) is 51.9 Å². The topological polar surface area (TPSA) is 32.8 Å². The number of likely N-dealkylation sites (N-methyl/N-ethyl adjacent to an activating group) is 1. The van der Waals surface area contributed by atoms with Crippen molar-refractivity contribution in [2.45, 2.75) is 31.7 Å². The van der Waals surface area contributed by atoms with Gasteiger partial charge < -0.3 is 14.5 Å². The van der Waals surface area contributed by atoms with Gasteiger partial charge in [-0.3, -0.25) is 4.79 Å². The van der Waals surface area contributed by atoms with Gasteiger partial charge in [0.05, 0.1) is 5.75 Å². The monoisotopic (exact) mass is 322 g/mol. The van der Waals surface area contributed by atoms with Crippen LogP contribution in [0.25, 0.3) is 0 Å². The zero-order chi connectivity index (χ0) is 16.3. The van der Waals surface area contributed by atoms with Crippen molar-refractivity contribution >= 4 is 17.7 Å². The first-order valence-electron chi connectivity index (χ1n) is 7.61. The van der Waals surface area contributed by atoms with Gasteiger partial charge in [-0.25, -0.2) is 0 Å². The number of carbonyl (C=O) groups is 1. The van der Waals surface area contributed by atoms with E-state index in [0.29, 0.717) is 5.75 Å². The van der Waals surface area contributed by atoms with E-state index in [1.165, 1.54) is 0 Å². The number of thioether (sulfide) groups is 1. The third-order valence-electron chi connectivity index (χ3n) is 3.35. The van der Waals surface area contributed by atoms with Crippen LogP contribution in [0.2, 0.25) is 0 Å². The molecule has 122 valence electrons. The van der Waals surface area contributed by atoms with Crippen LogP contribution in [-0.4, -0.2) is 54.2 Å². The van der Waals surface area contributed by atoms with E-state index >= 15 is 0 Å². The fourth-order valence-electron chi connectivity index (χ4n) is 2.33. The maximum atomic E-state index is 12.1. The number of rotatable bonds is 5. The molecular weight excluding hydrogens is 296 g/mol. The van der Waals surface area contributed by atoms with Crippen LogP contribution in [0.4, 0.5) is 0 Å². The van der Waals surface area contributed by atoms with Gasteiger partial charge in [-0.15, -0.1) is 11.8 Å². The van der Waals surface area contributed by atoms with Gasteiger partial charge in [-0.1, -0.05) is 12.1 Å². The highest BCUT2D eigenvalue weighted by Gasteiger charge is 2.32. The highest BCUT2D eigenvalue weighted by Crippen LogP contribution is 2.38. The van der Waals surface area contributed by atoms with E-state index in [2.05, 4.69) is 17.0 Å². The van der Waals surface area contributed by atoms with Crippen molar-refractivity contribution < 1.29 is 9.53 Å². The molecular formula is C17H26N2O2S. The smallest absolute Gasteiger partial charge is 0.233 e. The molecule has 1 atom stereocenters. The Morgan fingerprint density at radius 1 is 1.27 bits per heavy atom. The summed E-state index contributed by atoms with van der Waals surface area (Å²) in [5.74, 6) is 1.66. The average molecular weight is 322 g/mol. The number of hydrogen-bond donors (Lipinski definition) is 0. The molecule has 0 spiro atoms. The van der Waals surface area contributed by atoms with Crippen LogP contribution in [0, 0.1) is 0 Å². The fraction of sp³-hybridized carbons (Fsp3) is 0.588. The van der Waals surface area contributed by atoms with Crippen LogP contribution in [-0.2, 0) is 4.79 Å². The first kappa shape index (κ1) is 17.2. The lowest BCUT2D eigenvalue weighted by Gasteiger charge is -2.26. The second-order valence-electron chi connectivity index (χ2n) is 6.84. The van der Waals surface area contributed by atoms with Crippen molar-refractivity contribution in [3.8, 4) is 5.75 Å². The summed E-state index contributed by atoms with van der Waals surface area (Å²) >= 11 is 1.70. The van der Waals surface area contributed by atoms with Crippen molar-refractivity contribution in [1.29, 1.82) is 0 Å². The quantitative estimate of drug-likeness (QED) is 0.834. The summed E-state index contributed by atoms with van der Waals surface area (Å²) in [6, 6.07) is 8.13. The molecule has 5 heteroatoms. The Hall–Kier alpha value is -1.20. The van der Waals surface area contributed by atoms with Gasteiger partial charge in [0, 0.05) is 13.1 Å². The van der Waals surface area contributed by atoms with Crippen molar-refractivity contribution in [3.05, 3.63) is 29.8 Å². The molecule has 0 radical (unpaired) electrons. The van der Waals surface area contributed by atoms with Crippen molar-refractivity contribution in [2.24, 2.45) is 0 Å². The number of ether oxygens (including phenoxy) is 1. The summed E-state index contributed by atoms with van der Waals surface area (Å²) in [7, 11) is 4.06. The van der Waals surface area contributed by atoms with E-state index in [-0.39, 0.29) is 16.9 Å².